The van der Waals surface area contributed by atoms with Crippen molar-refractivity contribution in [3.63, 3.8) is 0 Å². The lowest BCUT2D eigenvalue weighted by atomic mass is 10.2. The zero-order chi connectivity index (χ0) is 22.8. The lowest BCUT2D eigenvalue weighted by Crippen LogP contribution is -2.12. The molecule has 0 aliphatic heterocycles. The summed E-state index contributed by atoms with van der Waals surface area (Å²) in [5.41, 5.74) is 0.889. The summed E-state index contributed by atoms with van der Waals surface area (Å²) in [4.78, 5) is 34.2. The summed E-state index contributed by atoms with van der Waals surface area (Å²) in [6.45, 7) is 0.324. The second-order valence-electron chi connectivity index (χ2n) is 6.42. The average Bonchev–Trinajstić information content (AvgIpc) is 2.82. The largest absolute Gasteiger partial charge is 0.490 e. The molecule has 0 N–H and O–H groups in total. The molecule has 3 rings (SSSR count). The van der Waals surface area contributed by atoms with E-state index in [1.807, 2.05) is 30.3 Å². The first-order valence-electron chi connectivity index (χ1n) is 9.60. The van der Waals surface area contributed by atoms with E-state index in [9.17, 15) is 19.7 Å². The van der Waals surface area contributed by atoms with E-state index in [0.717, 1.165) is 0 Å². The Hall–Kier alpha value is -4.46. The first-order chi connectivity index (χ1) is 15.5. The fourth-order valence-electron chi connectivity index (χ4n) is 2.57. The lowest BCUT2D eigenvalue weighted by molar-refractivity contribution is -0.384. The van der Waals surface area contributed by atoms with Gasteiger partial charge in [0.25, 0.3) is 5.69 Å². The van der Waals surface area contributed by atoms with Gasteiger partial charge < -0.3 is 14.2 Å². The monoisotopic (exact) mass is 433 g/mol. The maximum atomic E-state index is 12.1. The molecule has 0 saturated heterocycles. The Kier molecular flexibility index (Phi) is 7.69. The van der Waals surface area contributed by atoms with Crippen LogP contribution in [0.1, 0.15) is 15.9 Å². The van der Waals surface area contributed by atoms with Crippen LogP contribution >= 0.6 is 0 Å². The second-order valence-corrected chi connectivity index (χ2v) is 6.42. The molecule has 0 aliphatic rings. The van der Waals surface area contributed by atoms with Crippen molar-refractivity contribution in [1.82, 2.24) is 0 Å². The third kappa shape index (κ3) is 6.81. The van der Waals surface area contributed by atoms with Crippen LogP contribution in [0.25, 0.3) is 6.08 Å². The van der Waals surface area contributed by atoms with E-state index in [-0.39, 0.29) is 24.7 Å². The minimum atomic E-state index is -0.628. The molecule has 3 aromatic carbocycles. The Labute approximate surface area is 183 Å². The van der Waals surface area contributed by atoms with Crippen molar-refractivity contribution in [3.05, 3.63) is 106 Å². The number of carbonyl (C=O) groups is 2. The molecule has 0 amide bonds. The molecule has 8 heteroatoms. The lowest BCUT2D eigenvalue weighted by Gasteiger charge is -2.08. The minimum Gasteiger partial charge on any atom is -0.490 e. The fraction of sp³-hybridized carbons (Fsp3) is 0.0833. The smallest absolute Gasteiger partial charge is 0.338 e. The maximum absolute atomic E-state index is 12.1. The van der Waals surface area contributed by atoms with Gasteiger partial charge in [-0.25, -0.2) is 9.59 Å². The van der Waals surface area contributed by atoms with Gasteiger partial charge in [-0.05, 0) is 60.2 Å². The van der Waals surface area contributed by atoms with Gasteiger partial charge in [-0.15, -0.1) is 0 Å². The summed E-state index contributed by atoms with van der Waals surface area (Å²) in [7, 11) is 0. The van der Waals surface area contributed by atoms with Crippen molar-refractivity contribution in [2.45, 2.75) is 0 Å². The highest BCUT2D eigenvalue weighted by Crippen LogP contribution is 2.15. The molecule has 0 aromatic heterocycles. The predicted octanol–water partition coefficient (Wildman–Crippen LogP) is 4.45. The van der Waals surface area contributed by atoms with Crippen LogP contribution < -0.4 is 9.47 Å². The van der Waals surface area contributed by atoms with E-state index in [1.54, 1.807) is 0 Å². The number of para-hydroxylation sites is 1. The number of non-ortho nitro benzene ring substituents is 1. The van der Waals surface area contributed by atoms with Crippen molar-refractivity contribution in [2.75, 3.05) is 13.2 Å². The number of esters is 2. The summed E-state index contributed by atoms with van der Waals surface area (Å²) >= 11 is 0. The van der Waals surface area contributed by atoms with Gasteiger partial charge in [-0.2, -0.15) is 0 Å². The van der Waals surface area contributed by atoms with Crippen LogP contribution in [0.3, 0.4) is 0 Å². The van der Waals surface area contributed by atoms with Crippen LogP contribution in [0.5, 0.6) is 11.5 Å². The molecule has 0 bridgehead atoms. The van der Waals surface area contributed by atoms with E-state index in [4.69, 9.17) is 14.2 Å². The highest BCUT2D eigenvalue weighted by Gasteiger charge is 2.09. The number of benzene rings is 3. The molecule has 0 radical (unpaired) electrons. The van der Waals surface area contributed by atoms with Crippen LogP contribution in [0.2, 0.25) is 0 Å². The van der Waals surface area contributed by atoms with Gasteiger partial charge in [-0.1, -0.05) is 18.2 Å². The summed E-state index contributed by atoms with van der Waals surface area (Å²) in [5, 5.41) is 10.6. The first-order valence-corrected chi connectivity index (χ1v) is 9.60. The van der Waals surface area contributed by atoms with Crippen LogP contribution in [0, 0.1) is 10.1 Å². The molecule has 0 fully saturated rings. The zero-order valence-corrected chi connectivity index (χ0v) is 16.9. The van der Waals surface area contributed by atoms with Crippen LogP contribution in [-0.2, 0) is 9.53 Å². The van der Waals surface area contributed by atoms with E-state index >= 15 is 0 Å². The van der Waals surface area contributed by atoms with Gasteiger partial charge >= 0.3 is 11.9 Å². The highest BCUT2D eigenvalue weighted by molar-refractivity contribution is 5.90. The minimum absolute atomic E-state index is 0.0351. The Balaban J connectivity index is 1.44. The molecule has 0 atom stereocenters. The molecule has 0 saturated carbocycles. The molecule has 0 unspecified atom stereocenters. The molecule has 8 nitrogen and oxygen atoms in total. The van der Waals surface area contributed by atoms with Crippen LogP contribution in [0.4, 0.5) is 5.69 Å². The van der Waals surface area contributed by atoms with Crippen LogP contribution in [-0.4, -0.2) is 30.1 Å². The highest BCUT2D eigenvalue weighted by atomic mass is 16.6. The van der Waals surface area contributed by atoms with Gasteiger partial charge in [0, 0.05) is 18.2 Å². The molecule has 32 heavy (non-hydrogen) atoms. The quantitative estimate of drug-likeness (QED) is 0.123. The Bertz CT molecular complexity index is 1090. The van der Waals surface area contributed by atoms with E-state index < -0.39 is 16.9 Å². The Morgan fingerprint density at radius 3 is 2.19 bits per heavy atom. The molecule has 3 aromatic rings. The standard InChI is InChI=1S/C24H19NO7/c26-23(15-8-18-6-11-20(12-7-18)25(28)29)32-22-13-9-19(10-14-22)24(27)31-17-16-30-21-4-2-1-3-5-21/h1-15H,16-17H2/b15-8+. The second kappa shape index (κ2) is 11.1. The number of ether oxygens (including phenoxy) is 3. The normalized spacial score (nSPS) is 10.5. The molecule has 162 valence electrons. The van der Waals surface area contributed by atoms with Crippen LogP contribution in [0.15, 0.2) is 84.9 Å². The zero-order valence-electron chi connectivity index (χ0n) is 16.9. The van der Waals surface area contributed by atoms with Crippen molar-refractivity contribution < 1.29 is 28.7 Å². The van der Waals surface area contributed by atoms with Gasteiger partial charge in [0.05, 0.1) is 10.5 Å². The summed E-state index contributed by atoms with van der Waals surface area (Å²) in [6.07, 6.45) is 2.69. The average molecular weight is 433 g/mol. The number of nitrogens with zero attached hydrogens (tertiary/aromatic N) is 1. The number of hydrogen-bond donors (Lipinski definition) is 0. The Morgan fingerprint density at radius 1 is 0.844 bits per heavy atom. The predicted molar refractivity (Wildman–Crippen MR) is 116 cm³/mol. The molecular formula is C24H19NO7. The number of rotatable bonds is 9. The van der Waals surface area contributed by atoms with Crippen molar-refractivity contribution in [3.8, 4) is 11.5 Å². The topological polar surface area (TPSA) is 105 Å². The summed E-state index contributed by atoms with van der Waals surface area (Å²) in [5.74, 6) is -0.195. The van der Waals surface area contributed by atoms with Gasteiger partial charge in [0.1, 0.15) is 24.7 Å². The number of nitro groups is 1. The maximum Gasteiger partial charge on any atom is 0.338 e. The summed E-state index contributed by atoms with van der Waals surface area (Å²) < 4.78 is 15.8. The molecule has 0 spiro atoms. The van der Waals surface area contributed by atoms with Crippen molar-refractivity contribution in [2.24, 2.45) is 0 Å². The number of hydrogen-bond acceptors (Lipinski definition) is 7. The summed E-state index contributed by atoms with van der Waals surface area (Å²) in [6, 6.07) is 20.9. The van der Waals surface area contributed by atoms with Gasteiger partial charge in [-0.3, -0.25) is 10.1 Å². The molecule has 0 heterocycles. The SMILES string of the molecule is O=C(/C=C/c1ccc([N+](=O)[O-])cc1)Oc1ccc(C(=O)OCCOc2ccccc2)cc1. The third-order valence-electron chi connectivity index (χ3n) is 4.15. The van der Waals surface area contributed by atoms with Gasteiger partial charge in [0.2, 0.25) is 0 Å². The van der Waals surface area contributed by atoms with Crippen molar-refractivity contribution in [1.29, 1.82) is 0 Å². The number of carbonyl (C=O) groups excluding carboxylic acids is 2. The van der Waals surface area contributed by atoms with Gasteiger partial charge in [0.15, 0.2) is 0 Å². The fourth-order valence-corrected chi connectivity index (χ4v) is 2.57. The Morgan fingerprint density at radius 2 is 1.53 bits per heavy atom. The van der Waals surface area contributed by atoms with Crippen molar-refractivity contribution >= 4 is 23.7 Å². The molecule has 0 aliphatic carbocycles. The van der Waals surface area contributed by atoms with E-state index in [2.05, 4.69) is 0 Å². The van der Waals surface area contributed by atoms with E-state index in [0.29, 0.717) is 16.9 Å². The third-order valence-corrected chi connectivity index (χ3v) is 4.15. The molecular weight excluding hydrogens is 414 g/mol. The number of nitro benzene ring substituents is 1. The first kappa shape index (κ1) is 22.2. The van der Waals surface area contributed by atoms with E-state index in [1.165, 1.54) is 60.7 Å².